The van der Waals surface area contributed by atoms with Gasteiger partial charge in [0.1, 0.15) is 5.69 Å². The maximum atomic E-state index is 13.9. The molecule has 1 heterocycles. The first-order chi connectivity index (χ1) is 11.3. The number of para-hydroxylation sites is 1. The van der Waals surface area contributed by atoms with Crippen molar-refractivity contribution in [2.75, 3.05) is 27.3 Å². The maximum Gasteiger partial charge on any atom is 0.274 e. The largest absolute Gasteiger partial charge is 0.389 e. The number of amides is 1. The molecule has 0 radical (unpaired) electrons. The average molecular weight is 339 g/mol. The number of halogens is 2. The SMILES string of the molecule is COCC(O)CN(C)C(=O)c1nn(-c2c(F)cccc2F)cc1C. The Morgan fingerprint density at radius 1 is 1.42 bits per heavy atom. The summed E-state index contributed by atoms with van der Waals surface area (Å²) >= 11 is 0. The first-order valence-corrected chi connectivity index (χ1v) is 7.28. The van der Waals surface area contributed by atoms with Crippen LogP contribution in [0.1, 0.15) is 16.1 Å². The van der Waals surface area contributed by atoms with E-state index in [1.54, 1.807) is 6.92 Å². The van der Waals surface area contributed by atoms with Crippen LogP contribution >= 0.6 is 0 Å². The number of methoxy groups -OCH3 is 1. The van der Waals surface area contributed by atoms with Crippen molar-refractivity contribution in [2.45, 2.75) is 13.0 Å². The topological polar surface area (TPSA) is 67.6 Å². The molecule has 1 amide bonds. The molecule has 2 aromatic rings. The fourth-order valence-electron chi connectivity index (χ4n) is 2.32. The van der Waals surface area contributed by atoms with Gasteiger partial charge in [0, 0.05) is 32.5 Å². The third-order valence-corrected chi connectivity index (χ3v) is 3.46. The summed E-state index contributed by atoms with van der Waals surface area (Å²) in [6.45, 7) is 1.76. The van der Waals surface area contributed by atoms with Gasteiger partial charge in [-0.25, -0.2) is 13.5 Å². The summed E-state index contributed by atoms with van der Waals surface area (Å²) in [4.78, 5) is 13.7. The van der Waals surface area contributed by atoms with Crippen molar-refractivity contribution in [1.29, 1.82) is 0 Å². The number of carbonyl (C=O) groups is 1. The minimum atomic E-state index is -0.838. The number of aromatic nitrogens is 2. The van der Waals surface area contributed by atoms with E-state index in [1.807, 2.05) is 0 Å². The van der Waals surface area contributed by atoms with Gasteiger partial charge in [-0.05, 0) is 19.1 Å². The first-order valence-electron chi connectivity index (χ1n) is 7.28. The van der Waals surface area contributed by atoms with Crippen LogP contribution in [0.5, 0.6) is 0 Å². The van der Waals surface area contributed by atoms with Gasteiger partial charge in [-0.2, -0.15) is 5.10 Å². The molecule has 0 aliphatic carbocycles. The summed E-state index contributed by atoms with van der Waals surface area (Å²) in [5.41, 5.74) is 0.183. The van der Waals surface area contributed by atoms with Crippen LogP contribution in [0.2, 0.25) is 0 Å². The van der Waals surface area contributed by atoms with E-state index in [-0.39, 0.29) is 24.5 Å². The fourth-order valence-corrected chi connectivity index (χ4v) is 2.32. The van der Waals surface area contributed by atoms with E-state index in [1.165, 1.54) is 31.3 Å². The van der Waals surface area contributed by atoms with Crippen LogP contribution in [0.3, 0.4) is 0 Å². The van der Waals surface area contributed by atoms with E-state index >= 15 is 0 Å². The molecule has 0 spiro atoms. The minimum Gasteiger partial charge on any atom is -0.389 e. The highest BCUT2D eigenvalue weighted by molar-refractivity contribution is 5.93. The van der Waals surface area contributed by atoms with Gasteiger partial charge in [-0.3, -0.25) is 4.79 Å². The molecule has 1 atom stereocenters. The predicted octanol–water partition coefficient (Wildman–Crippen LogP) is 1.54. The molecular weight excluding hydrogens is 320 g/mol. The quantitative estimate of drug-likeness (QED) is 0.867. The number of aliphatic hydroxyl groups is 1. The van der Waals surface area contributed by atoms with Gasteiger partial charge < -0.3 is 14.7 Å². The van der Waals surface area contributed by atoms with Crippen LogP contribution in [-0.2, 0) is 4.74 Å². The zero-order valence-corrected chi connectivity index (χ0v) is 13.7. The number of carbonyl (C=O) groups excluding carboxylic acids is 1. The average Bonchev–Trinajstić information content (AvgIpc) is 2.88. The van der Waals surface area contributed by atoms with Crippen molar-refractivity contribution in [3.8, 4) is 5.69 Å². The molecule has 0 fully saturated rings. The van der Waals surface area contributed by atoms with Crippen LogP contribution in [-0.4, -0.2) is 59.1 Å². The molecule has 8 heteroatoms. The lowest BCUT2D eigenvalue weighted by Crippen LogP contribution is -2.36. The van der Waals surface area contributed by atoms with Gasteiger partial charge in [-0.1, -0.05) is 6.07 Å². The summed E-state index contributed by atoms with van der Waals surface area (Å²) in [6.07, 6.45) is 0.545. The summed E-state index contributed by atoms with van der Waals surface area (Å²) in [6, 6.07) is 3.48. The molecule has 130 valence electrons. The van der Waals surface area contributed by atoms with Crippen molar-refractivity contribution in [3.05, 3.63) is 47.3 Å². The monoisotopic (exact) mass is 339 g/mol. The third-order valence-electron chi connectivity index (χ3n) is 3.46. The molecule has 1 unspecified atom stereocenters. The number of hydrogen-bond donors (Lipinski definition) is 1. The van der Waals surface area contributed by atoms with Crippen LogP contribution < -0.4 is 0 Å². The summed E-state index contributed by atoms with van der Waals surface area (Å²) in [5.74, 6) is -2.01. The third kappa shape index (κ3) is 3.77. The zero-order valence-electron chi connectivity index (χ0n) is 13.7. The van der Waals surface area contributed by atoms with Gasteiger partial charge in [0.05, 0.1) is 12.7 Å². The molecule has 1 N–H and O–H groups in total. The standard InChI is InChI=1S/C16H19F2N3O3/c1-10-7-21(15-12(17)5-4-6-13(15)18)19-14(10)16(23)20(2)8-11(22)9-24-3/h4-7,11,22H,8-9H2,1-3H3. The molecule has 1 aromatic carbocycles. The highest BCUT2D eigenvalue weighted by Gasteiger charge is 2.22. The lowest BCUT2D eigenvalue weighted by atomic mass is 10.2. The van der Waals surface area contributed by atoms with E-state index in [2.05, 4.69) is 5.10 Å². The van der Waals surface area contributed by atoms with E-state index in [4.69, 9.17) is 4.74 Å². The minimum absolute atomic E-state index is 0.0486. The van der Waals surface area contributed by atoms with Crippen molar-refractivity contribution in [2.24, 2.45) is 0 Å². The summed E-state index contributed by atoms with van der Waals surface area (Å²) in [5, 5.41) is 13.7. The Morgan fingerprint density at radius 3 is 2.62 bits per heavy atom. The van der Waals surface area contributed by atoms with Crippen molar-refractivity contribution < 1.29 is 23.4 Å². The van der Waals surface area contributed by atoms with Crippen molar-refractivity contribution in [1.82, 2.24) is 14.7 Å². The highest BCUT2D eigenvalue weighted by Crippen LogP contribution is 2.19. The second kappa shape index (κ2) is 7.50. The Labute approximate surface area is 138 Å². The van der Waals surface area contributed by atoms with E-state index in [0.717, 1.165) is 16.8 Å². The molecule has 24 heavy (non-hydrogen) atoms. The molecule has 2 rings (SSSR count). The molecule has 0 aliphatic heterocycles. The fraction of sp³-hybridized carbons (Fsp3) is 0.375. The number of aryl methyl sites for hydroxylation is 1. The van der Waals surface area contributed by atoms with Gasteiger partial charge in [0.25, 0.3) is 5.91 Å². The highest BCUT2D eigenvalue weighted by atomic mass is 19.1. The number of nitrogens with zero attached hydrogens (tertiary/aromatic N) is 3. The molecule has 0 bridgehead atoms. The summed E-state index contributed by atoms with van der Waals surface area (Å²) < 4.78 is 33.5. The number of ether oxygens (including phenoxy) is 1. The van der Waals surface area contributed by atoms with Crippen LogP contribution in [0.25, 0.3) is 5.69 Å². The maximum absolute atomic E-state index is 13.9. The first kappa shape index (κ1) is 18.0. The summed E-state index contributed by atoms with van der Waals surface area (Å²) in [7, 11) is 2.95. The Bertz CT molecular complexity index is 713. The van der Waals surface area contributed by atoms with Crippen LogP contribution in [0.4, 0.5) is 8.78 Å². The Kier molecular flexibility index (Phi) is 5.63. The number of hydrogen-bond acceptors (Lipinski definition) is 4. The van der Waals surface area contributed by atoms with E-state index in [9.17, 15) is 18.7 Å². The van der Waals surface area contributed by atoms with E-state index < -0.39 is 23.6 Å². The van der Waals surface area contributed by atoms with Crippen LogP contribution in [0.15, 0.2) is 24.4 Å². The molecule has 6 nitrogen and oxygen atoms in total. The van der Waals surface area contributed by atoms with E-state index in [0.29, 0.717) is 5.56 Å². The normalized spacial score (nSPS) is 12.2. The lowest BCUT2D eigenvalue weighted by molar-refractivity contribution is 0.0377. The Morgan fingerprint density at radius 2 is 2.04 bits per heavy atom. The molecule has 0 aliphatic rings. The molecule has 0 saturated heterocycles. The number of aliphatic hydroxyl groups excluding tert-OH is 1. The molecular formula is C16H19F2N3O3. The number of benzene rings is 1. The number of likely N-dealkylation sites (N-methyl/N-ethyl adjacent to an activating group) is 1. The van der Waals surface area contributed by atoms with Gasteiger partial charge in [0.15, 0.2) is 17.3 Å². The van der Waals surface area contributed by atoms with Gasteiger partial charge in [0.2, 0.25) is 0 Å². The molecule has 0 saturated carbocycles. The van der Waals surface area contributed by atoms with Gasteiger partial charge in [-0.15, -0.1) is 0 Å². The second-order valence-corrected chi connectivity index (χ2v) is 5.47. The zero-order chi connectivity index (χ0) is 17.9. The van der Waals surface area contributed by atoms with Gasteiger partial charge >= 0.3 is 0 Å². The molecule has 1 aromatic heterocycles. The smallest absolute Gasteiger partial charge is 0.274 e. The Hall–Kier alpha value is -2.32. The Balaban J connectivity index is 2.27. The lowest BCUT2D eigenvalue weighted by Gasteiger charge is -2.19. The van der Waals surface area contributed by atoms with Crippen molar-refractivity contribution in [3.63, 3.8) is 0 Å². The second-order valence-electron chi connectivity index (χ2n) is 5.47. The van der Waals surface area contributed by atoms with Crippen molar-refractivity contribution >= 4 is 5.91 Å². The predicted molar refractivity (Wildman–Crippen MR) is 83.1 cm³/mol. The number of rotatable bonds is 6. The van der Waals surface area contributed by atoms with Crippen LogP contribution in [0, 0.1) is 18.6 Å².